The average Bonchev–Trinajstić information content (AvgIpc) is 2.98. The number of carboxylic acid groups (broad SMARTS) is 1. The number of fused-ring (bicyclic) bond motifs is 1. The molecule has 1 atom stereocenters. The molecule has 1 aromatic carbocycles. The number of amides is 2. The third kappa shape index (κ3) is 3.47. The van der Waals surface area contributed by atoms with Crippen LogP contribution < -0.4 is 10.1 Å². The lowest BCUT2D eigenvalue weighted by Gasteiger charge is -2.31. The number of nitrogens with one attached hydrogen (secondary N) is 1. The van der Waals surface area contributed by atoms with Gasteiger partial charge in [0.1, 0.15) is 17.1 Å². The molecule has 1 saturated heterocycles. The van der Waals surface area contributed by atoms with Crippen molar-refractivity contribution in [3.63, 3.8) is 0 Å². The second-order valence-electron chi connectivity index (χ2n) is 6.72. The quantitative estimate of drug-likeness (QED) is 0.873. The van der Waals surface area contributed by atoms with Gasteiger partial charge in [0, 0.05) is 24.0 Å². The van der Waals surface area contributed by atoms with Crippen LogP contribution in [0.2, 0.25) is 0 Å². The van der Waals surface area contributed by atoms with Crippen molar-refractivity contribution in [3.8, 4) is 5.75 Å². The van der Waals surface area contributed by atoms with Gasteiger partial charge in [0.05, 0.1) is 19.1 Å². The first-order valence-electron chi connectivity index (χ1n) is 8.76. The second kappa shape index (κ2) is 7.27. The molecule has 1 unspecified atom stereocenters. The summed E-state index contributed by atoms with van der Waals surface area (Å²) in [6.07, 6.45) is 0.973. The maximum Gasteiger partial charge on any atom is 0.317 e. The molecule has 1 aromatic heterocycles. The molecule has 2 aromatic rings. The molecule has 140 valence electrons. The lowest BCUT2D eigenvalue weighted by Crippen LogP contribution is -2.46. The molecule has 0 radical (unpaired) electrons. The lowest BCUT2D eigenvalue weighted by molar-refractivity contribution is -0.143. The van der Waals surface area contributed by atoms with E-state index in [1.54, 1.807) is 12.0 Å². The van der Waals surface area contributed by atoms with Crippen molar-refractivity contribution >= 4 is 23.0 Å². The maximum atomic E-state index is 12.5. The number of carbonyl (C=O) groups excluding carboxylic acids is 1. The highest BCUT2D eigenvalue weighted by atomic mass is 16.5. The number of carboxylic acids is 1. The molecule has 0 saturated carbocycles. The van der Waals surface area contributed by atoms with E-state index in [1.807, 2.05) is 32.0 Å². The van der Waals surface area contributed by atoms with E-state index in [-0.39, 0.29) is 18.0 Å². The minimum Gasteiger partial charge on any atom is -0.497 e. The van der Waals surface area contributed by atoms with E-state index >= 15 is 0 Å². The van der Waals surface area contributed by atoms with E-state index in [0.717, 1.165) is 22.3 Å². The first-order chi connectivity index (χ1) is 12.4. The Morgan fingerprint density at radius 3 is 2.65 bits per heavy atom. The van der Waals surface area contributed by atoms with Gasteiger partial charge in [0.15, 0.2) is 0 Å². The first kappa shape index (κ1) is 18.1. The van der Waals surface area contributed by atoms with Gasteiger partial charge in [-0.3, -0.25) is 4.79 Å². The minimum atomic E-state index is -0.785. The summed E-state index contributed by atoms with van der Waals surface area (Å²) in [5.74, 6) is 0.323. The number of ether oxygens (including phenoxy) is 1. The maximum absolute atomic E-state index is 12.5. The van der Waals surface area contributed by atoms with Crippen LogP contribution in [0.4, 0.5) is 4.79 Å². The van der Waals surface area contributed by atoms with Gasteiger partial charge in [-0.15, -0.1) is 0 Å². The number of piperidine rings is 1. The van der Waals surface area contributed by atoms with Crippen LogP contribution in [0.1, 0.15) is 37.1 Å². The van der Waals surface area contributed by atoms with E-state index in [9.17, 15) is 9.59 Å². The van der Waals surface area contributed by atoms with Gasteiger partial charge < -0.3 is 24.5 Å². The number of likely N-dealkylation sites (tertiary alicyclic amines) is 1. The van der Waals surface area contributed by atoms with E-state index in [2.05, 4.69) is 5.32 Å². The van der Waals surface area contributed by atoms with Crippen molar-refractivity contribution in [2.45, 2.75) is 32.7 Å². The number of hydrogen-bond donors (Lipinski definition) is 2. The van der Waals surface area contributed by atoms with Crippen molar-refractivity contribution < 1.29 is 23.8 Å². The normalized spacial score (nSPS) is 16.5. The van der Waals surface area contributed by atoms with Crippen molar-refractivity contribution in [1.29, 1.82) is 0 Å². The van der Waals surface area contributed by atoms with Gasteiger partial charge >= 0.3 is 12.0 Å². The predicted octanol–water partition coefficient (Wildman–Crippen LogP) is 3.32. The molecular formula is C19H24N2O5. The van der Waals surface area contributed by atoms with Gasteiger partial charge in [0.2, 0.25) is 0 Å². The van der Waals surface area contributed by atoms with Gasteiger partial charge in [-0.1, -0.05) is 0 Å². The van der Waals surface area contributed by atoms with E-state index in [1.165, 1.54) is 0 Å². The van der Waals surface area contributed by atoms with Crippen molar-refractivity contribution in [2.75, 3.05) is 20.2 Å². The zero-order valence-corrected chi connectivity index (χ0v) is 15.2. The Bertz CT molecular complexity index is 821. The molecule has 3 rings (SSSR count). The molecule has 1 aliphatic heterocycles. The minimum absolute atomic E-state index is 0.196. The molecule has 2 amide bonds. The number of urea groups is 1. The summed E-state index contributed by atoms with van der Waals surface area (Å²) in [5, 5.41) is 13.0. The Morgan fingerprint density at radius 1 is 1.35 bits per heavy atom. The largest absolute Gasteiger partial charge is 0.497 e. The number of carbonyl (C=O) groups is 2. The van der Waals surface area contributed by atoms with E-state index in [0.29, 0.717) is 31.7 Å². The summed E-state index contributed by atoms with van der Waals surface area (Å²) in [5.41, 5.74) is 1.72. The summed E-state index contributed by atoms with van der Waals surface area (Å²) in [6.45, 7) is 4.74. The number of benzene rings is 1. The Kier molecular flexibility index (Phi) is 5.06. The highest BCUT2D eigenvalue weighted by molar-refractivity contribution is 5.84. The number of hydrogen-bond acceptors (Lipinski definition) is 4. The second-order valence-corrected chi connectivity index (χ2v) is 6.72. The molecule has 0 aliphatic carbocycles. The topological polar surface area (TPSA) is 92.0 Å². The van der Waals surface area contributed by atoms with Crippen LogP contribution in [-0.4, -0.2) is 42.2 Å². The van der Waals surface area contributed by atoms with Crippen LogP contribution in [0.15, 0.2) is 22.6 Å². The fraction of sp³-hybridized carbons (Fsp3) is 0.474. The van der Waals surface area contributed by atoms with E-state index < -0.39 is 5.97 Å². The molecule has 2 heterocycles. The third-order valence-electron chi connectivity index (χ3n) is 5.04. The van der Waals surface area contributed by atoms with Gasteiger partial charge in [0.25, 0.3) is 0 Å². The average molecular weight is 360 g/mol. The zero-order valence-electron chi connectivity index (χ0n) is 15.2. The molecule has 1 fully saturated rings. The van der Waals surface area contributed by atoms with Crippen LogP contribution in [0.3, 0.4) is 0 Å². The number of rotatable bonds is 4. The van der Waals surface area contributed by atoms with Crippen LogP contribution in [0.5, 0.6) is 5.75 Å². The number of nitrogens with zero attached hydrogens (tertiary/aromatic N) is 1. The monoisotopic (exact) mass is 360 g/mol. The Balaban J connectivity index is 1.69. The van der Waals surface area contributed by atoms with Crippen LogP contribution >= 0.6 is 0 Å². The van der Waals surface area contributed by atoms with Crippen LogP contribution in [-0.2, 0) is 4.79 Å². The summed E-state index contributed by atoms with van der Waals surface area (Å²) in [6, 6.07) is 5.13. The molecule has 0 spiro atoms. The number of aliphatic carboxylic acids is 1. The fourth-order valence-corrected chi connectivity index (χ4v) is 3.43. The molecule has 7 nitrogen and oxygen atoms in total. The molecular weight excluding hydrogens is 336 g/mol. The highest BCUT2D eigenvalue weighted by Crippen LogP contribution is 2.32. The third-order valence-corrected chi connectivity index (χ3v) is 5.04. The van der Waals surface area contributed by atoms with Crippen molar-refractivity contribution in [1.82, 2.24) is 10.2 Å². The first-order valence-corrected chi connectivity index (χ1v) is 8.76. The van der Waals surface area contributed by atoms with Crippen LogP contribution in [0.25, 0.3) is 11.0 Å². The summed E-state index contributed by atoms with van der Waals surface area (Å²) in [7, 11) is 1.62. The zero-order chi connectivity index (χ0) is 18.8. The standard InChI is InChI=1S/C19H24N2O5/c1-11-15-10-14(25-3)4-5-16(15)26-17(11)12(2)20-19(24)21-8-6-13(7-9-21)18(22)23/h4-5,10,12-13H,6-9H2,1-3H3,(H,20,24)(H,22,23). The van der Waals surface area contributed by atoms with Gasteiger partial charge in [-0.05, 0) is 44.9 Å². The smallest absolute Gasteiger partial charge is 0.317 e. The number of aryl methyl sites for hydroxylation is 1. The highest BCUT2D eigenvalue weighted by Gasteiger charge is 2.28. The lowest BCUT2D eigenvalue weighted by atomic mass is 9.97. The van der Waals surface area contributed by atoms with Crippen LogP contribution in [0, 0.1) is 12.8 Å². The molecule has 0 bridgehead atoms. The Labute approximate surface area is 151 Å². The SMILES string of the molecule is COc1ccc2oc(C(C)NC(=O)N3CCC(C(=O)O)CC3)c(C)c2c1. The summed E-state index contributed by atoms with van der Waals surface area (Å²) in [4.78, 5) is 25.2. The summed E-state index contributed by atoms with van der Waals surface area (Å²) < 4.78 is 11.2. The van der Waals surface area contributed by atoms with Crippen molar-refractivity contribution in [2.24, 2.45) is 5.92 Å². The van der Waals surface area contributed by atoms with Crippen molar-refractivity contribution in [3.05, 3.63) is 29.5 Å². The summed E-state index contributed by atoms with van der Waals surface area (Å²) >= 11 is 0. The molecule has 26 heavy (non-hydrogen) atoms. The van der Waals surface area contributed by atoms with Gasteiger partial charge in [-0.25, -0.2) is 4.79 Å². The fourth-order valence-electron chi connectivity index (χ4n) is 3.43. The van der Waals surface area contributed by atoms with Gasteiger partial charge in [-0.2, -0.15) is 0 Å². The molecule has 2 N–H and O–H groups in total. The predicted molar refractivity (Wildman–Crippen MR) is 96.4 cm³/mol. The number of furan rings is 1. The van der Waals surface area contributed by atoms with E-state index in [4.69, 9.17) is 14.3 Å². The molecule has 7 heteroatoms. The Morgan fingerprint density at radius 2 is 2.04 bits per heavy atom. The molecule has 1 aliphatic rings. The number of methoxy groups -OCH3 is 1. The Hall–Kier alpha value is -2.70.